The van der Waals surface area contributed by atoms with Crippen LogP contribution in [0.2, 0.25) is 0 Å². The topological polar surface area (TPSA) is 60.7 Å². The number of allylic oxidation sites excluding steroid dienone is 2. The van der Waals surface area contributed by atoms with Gasteiger partial charge in [0.25, 0.3) is 0 Å². The van der Waals surface area contributed by atoms with Crippen molar-refractivity contribution in [2.75, 3.05) is 6.61 Å². The predicted molar refractivity (Wildman–Crippen MR) is 41.1 cm³/mol. The average molecular weight is 156 g/mol. The molecule has 1 atom stereocenters. The van der Waals surface area contributed by atoms with Crippen molar-refractivity contribution in [3.8, 4) is 0 Å². The molecule has 0 saturated carbocycles. The van der Waals surface area contributed by atoms with Gasteiger partial charge in [0.1, 0.15) is 0 Å². The number of aliphatic hydroxyl groups excluding tert-OH is 2. The summed E-state index contributed by atoms with van der Waals surface area (Å²) in [7, 11) is 0. The second kappa shape index (κ2) is 3.07. The SMILES string of the molecule is OCCC1(O)C=CC=C(O)C1. The van der Waals surface area contributed by atoms with Gasteiger partial charge in [0.05, 0.1) is 11.4 Å². The zero-order chi connectivity index (χ0) is 8.32. The van der Waals surface area contributed by atoms with E-state index in [0.717, 1.165) is 0 Å². The summed E-state index contributed by atoms with van der Waals surface area (Å²) in [5.74, 6) is 0.156. The minimum absolute atomic E-state index is 0.0753. The predicted octanol–water partition coefficient (Wildman–Crippen LogP) is 0.502. The van der Waals surface area contributed by atoms with Crippen LogP contribution in [0.15, 0.2) is 24.0 Å². The van der Waals surface area contributed by atoms with Gasteiger partial charge in [-0.15, -0.1) is 0 Å². The van der Waals surface area contributed by atoms with Gasteiger partial charge in [0.2, 0.25) is 0 Å². The number of hydrogen-bond donors (Lipinski definition) is 3. The van der Waals surface area contributed by atoms with Crippen molar-refractivity contribution in [3.63, 3.8) is 0 Å². The van der Waals surface area contributed by atoms with E-state index in [9.17, 15) is 5.11 Å². The van der Waals surface area contributed by atoms with E-state index in [1.807, 2.05) is 0 Å². The summed E-state index contributed by atoms with van der Waals surface area (Å²) in [5.41, 5.74) is -1.05. The smallest absolute Gasteiger partial charge is 0.0954 e. The molecule has 0 heterocycles. The van der Waals surface area contributed by atoms with Crippen LogP contribution in [-0.2, 0) is 0 Å². The first-order chi connectivity index (χ1) is 5.16. The van der Waals surface area contributed by atoms with Crippen molar-refractivity contribution in [1.29, 1.82) is 0 Å². The fourth-order valence-electron chi connectivity index (χ4n) is 1.14. The average Bonchev–Trinajstić information content (AvgIpc) is 1.86. The second-order valence-electron chi connectivity index (χ2n) is 2.77. The lowest BCUT2D eigenvalue weighted by Gasteiger charge is -2.25. The number of aliphatic hydroxyl groups is 3. The van der Waals surface area contributed by atoms with Crippen LogP contribution < -0.4 is 0 Å². The molecule has 0 spiro atoms. The van der Waals surface area contributed by atoms with E-state index in [4.69, 9.17) is 10.2 Å². The zero-order valence-electron chi connectivity index (χ0n) is 6.20. The summed E-state index contributed by atoms with van der Waals surface area (Å²) < 4.78 is 0. The molecule has 11 heavy (non-hydrogen) atoms. The molecule has 1 unspecified atom stereocenters. The Morgan fingerprint density at radius 1 is 1.55 bits per heavy atom. The molecule has 1 aliphatic carbocycles. The Morgan fingerprint density at radius 2 is 2.27 bits per heavy atom. The molecule has 0 aromatic carbocycles. The lowest BCUT2D eigenvalue weighted by Crippen LogP contribution is -2.29. The lowest BCUT2D eigenvalue weighted by atomic mass is 9.91. The van der Waals surface area contributed by atoms with Gasteiger partial charge in [-0.25, -0.2) is 0 Å². The van der Waals surface area contributed by atoms with Crippen molar-refractivity contribution in [1.82, 2.24) is 0 Å². The highest BCUT2D eigenvalue weighted by Crippen LogP contribution is 2.24. The van der Waals surface area contributed by atoms with Gasteiger partial charge in [0, 0.05) is 19.4 Å². The van der Waals surface area contributed by atoms with Crippen molar-refractivity contribution in [2.24, 2.45) is 0 Å². The molecule has 0 fully saturated rings. The molecule has 0 saturated heterocycles. The molecule has 0 bridgehead atoms. The monoisotopic (exact) mass is 156 g/mol. The van der Waals surface area contributed by atoms with Gasteiger partial charge in [0.15, 0.2) is 0 Å². The van der Waals surface area contributed by atoms with Gasteiger partial charge in [-0.2, -0.15) is 0 Å². The van der Waals surface area contributed by atoms with Crippen LogP contribution in [0.3, 0.4) is 0 Å². The van der Waals surface area contributed by atoms with Crippen LogP contribution in [-0.4, -0.2) is 27.5 Å². The maximum atomic E-state index is 9.59. The normalized spacial score (nSPS) is 30.2. The highest BCUT2D eigenvalue weighted by molar-refractivity contribution is 5.20. The first-order valence-electron chi connectivity index (χ1n) is 3.57. The van der Waals surface area contributed by atoms with Gasteiger partial charge in [-0.05, 0) is 6.08 Å². The third-order valence-corrected chi connectivity index (χ3v) is 1.73. The molecule has 1 aliphatic rings. The van der Waals surface area contributed by atoms with E-state index in [2.05, 4.69) is 0 Å². The molecular formula is C8H12O3. The van der Waals surface area contributed by atoms with Crippen LogP contribution in [0.1, 0.15) is 12.8 Å². The Hall–Kier alpha value is -0.800. The van der Waals surface area contributed by atoms with Gasteiger partial charge in [-0.1, -0.05) is 12.2 Å². The fraction of sp³-hybridized carbons (Fsp3) is 0.500. The first kappa shape index (κ1) is 8.30. The minimum atomic E-state index is -1.05. The van der Waals surface area contributed by atoms with Crippen LogP contribution in [0, 0.1) is 0 Å². The van der Waals surface area contributed by atoms with Crippen molar-refractivity contribution in [3.05, 3.63) is 24.0 Å². The highest BCUT2D eigenvalue weighted by atomic mass is 16.3. The molecule has 3 heteroatoms. The maximum absolute atomic E-state index is 9.59. The Balaban J connectivity index is 2.62. The summed E-state index contributed by atoms with van der Waals surface area (Å²) in [6.45, 7) is -0.0753. The highest BCUT2D eigenvalue weighted by Gasteiger charge is 2.25. The maximum Gasteiger partial charge on any atom is 0.0954 e. The molecular weight excluding hydrogens is 144 g/mol. The molecule has 3 nitrogen and oxygen atoms in total. The van der Waals surface area contributed by atoms with Crippen molar-refractivity contribution in [2.45, 2.75) is 18.4 Å². The summed E-state index contributed by atoms with van der Waals surface area (Å²) in [6.07, 6.45) is 5.18. The van der Waals surface area contributed by atoms with E-state index in [1.165, 1.54) is 6.08 Å². The minimum Gasteiger partial charge on any atom is -0.512 e. The molecule has 1 rings (SSSR count). The van der Waals surface area contributed by atoms with Crippen LogP contribution >= 0.6 is 0 Å². The standard InChI is InChI=1S/C8H12O3/c9-5-4-8(11)3-1-2-7(10)6-8/h1-3,9-11H,4-6H2. The Morgan fingerprint density at radius 3 is 2.82 bits per heavy atom. The quantitative estimate of drug-likeness (QED) is 0.545. The molecule has 3 N–H and O–H groups in total. The van der Waals surface area contributed by atoms with Crippen LogP contribution in [0.25, 0.3) is 0 Å². The summed E-state index contributed by atoms with van der Waals surface area (Å²) in [5, 5.41) is 27.2. The first-order valence-corrected chi connectivity index (χ1v) is 3.57. The van der Waals surface area contributed by atoms with E-state index < -0.39 is 5.60 Å². The summed E-state index contributed by atoms with van der Waals surface area (Å²) in [6, 6.07) is 0. The fourth-order valence-corrected chi connectivity index (χ4v) is 1.14. The molecule has 0 aliphatic heterocycles. The van der Waals surface area contributed by atoms with Crippen LogP contribution in [0.4, 0.5) is 0 Å². The van der Waals surface area contributed by atoms with Gasteiger partial charge >= 0.3 is 0 Å². The van der Waals surface area contributed by atoms with Crippen LogP contribution in [0.5, 0.6) is 0 Å². The Kier molecular flexibility index (Phi) is 2.31. The Labute approximate surface area is 65.3 Å². The third-order valence-electron chi connectivity index (χ3n) is 1.73. The zero-order valence-corrected chi connectivity index (χ0v) is 6.20. The van der Waals surface area contributed by atoms with E-state index in [0.29, 0.717) is 0 Å². The lowest BCUT2D eigenvalue weighted by molar-refractivity contribution is 0.0502. The third kappa shape index (κ3) is 2.06. The molecule has 0 aromatic rings. The second-order valence-corrected chi connectivity index (χ2v) is 2.77. The largest absolute Gasteiger partial charge is 0.512 e. The number of hydrogen-bond acceptors (Lipinski definition) is 3. The van der Waals surface area contributed by atoms with Crippen molar-refractivity contribution >= 4 is 0 Å². The van der Waals surface area contributed by atoms with E-state index in [1.54, 1.807) is 12.2 Å². The molecule has 0 aromatic heterocycles. The Bertz CT molecular complexity index is 196. The summed E-state index contributed by atoms with van der Waals surface area (Å²) in [4.78, 5) is 0. The van der Waals surface area contributed by atoms with Gasteiger partial charge < -0.3 is 15.3 Å². The summed E-state index contributed by atoms with van der Waals surface area (Å²) >= 11 is 0. The van der Waals surface area contributed by atoms with Gasteiger partial charge in [-0.3, -0.25) is 0 Å². The van der Waals surface area contributed by atoms with E-state index in [-0.39, 0.29) is 25.2 Å². The van der Waals surface area contributed by atoms with E-state index >= 15 is 0 Å². The number of rotatable bonds is 2. The molecule has 0 amide bonds. The van der Waals surface area contributed by atoms with Crippen molar-refractivity contribution < 1.29 is 15.3 Å². The molecule has 62 valence electrons. The molecule has 0 radical (unpaired) electrons.